The van der Waals surface area contributed by atoms with E-state index in [0.29, 0.717) is 6.61 Å². The minimum atomic E-state index is -0.585. The summed E-state index contributed by atoms with van der Waals surface area (Å²) >= 11 is 0. The molecular weight excluding hydrogens is 336 g/mol. The number of benzene rings is 2. The fraction of sp³-hybridized carbons (Fsp3) is 0.435. The van der Waals surface area contributed by atoms with Crippen LogP contribution >= 0.6 is 0 Å². The average Bonchev–Trinajstić information content (AvgIpc) is 3.07. The van der Waals surface area contributed by atoms with Gasteiger partial charge < -0.3 is 15.4 Å². The van der Waals surface area contributed by atoms with Crippen LogP contribution in [0.4, 0.5) is 0 Å². The van der Waals surface area contributed by atoms with Gasteiger partial charge in [0, 0.05) is 13.1 Å². The van der Waals surface area contributed by atoms with Crippen molar-refractivity contribution in [2.45, 2.75) is 43.7 Å². The molecule has 4 rings (SSSR count). The molecule has 0 saturated carbocycles. The summed E-state index contributed by atoms with van der Waals surface area (Å²) < 4.78 is 5.66. The Bertz CT molecular complexity index is 782. The van der Waals surface area contributed by atoms with Gasteiger partial charge in [-0.2, -0.15) is 0 Å². The first-order valence-corrected chi connectivity index (χ1v) is 9.92. The highest BCUT2D eigenvalue weighted by Crippen LogP contribution is 2.46. The predicted molar refractivity (Wildman–Crippen MR) is 106 cm³/mol. The van der Waals surface area contributed by atoms with E-state index in [4.69, 9.17) is 10.5 Å². The van der Waals surface area contributed by atoms with Crippen molar-refractivity contribution in [3.63, 3.8) is 0 Å². The molecule has 1 fully saturated rings. The molecule has 4 heteroatoms. The minimum Gasteiger partial charge on any atom is -0.375 e. The van der Waals surface area contributed by atoms with Crippen LogP contribution in [-0.4, -0.2) is 36.5 Å². The van der Waals surface area contributed by atoms with Crippen molar-refractivity contribution in [3.8, 4) is 0 Å². The maximum Gasteiger partial charge on any atom is 0.241 e. The van der Waals surface area contributed by atoms with Gasteiger partial charge in [-0.3, -0.25) is 4.79 Å². The third-order valence-corrected chi connectivity index (χ3v) is 6.22. The molecule has 0 bridgehead atoms. The number of piperidine rings is 1. The van der Waals surface area contributed by atoms with Gasteiger partial charge in [-0.25, -0.2) is 0 Å². The Morgan fingerprint density at radius 1 is 1.04 bits per heavy atom. The molecule has 0 aromatic heterocycles. The SMILES string of the molecule is N[C@H](COCc1ccccc1)C(=O)N1CCC2(CCc3ccccc32)CC1. The van der Waals surface area contributed by atoms with Crippen LogP contribution in [0.15, 0.2) is 54.6 Å². The van der Waals surface area contributed by atoms with Gasteiger partial charge in [-0.05, 0) is 47.8 Å². The summed E-state index contributed by atoms with van der Waals surface area (Å²) in [5, 5.41) is 0. The summed E-state index contributed by atoms with van der Waals surface area (Å²) in [6.07, 6.45) is 4.44. The van der Waals surface area contributed by atoms with Crippen molar-refractivity contribution in [1.29, 1.82) is 0 Å². The highest BCUT2D eigenvalue weighted by atomic mass is 16.5. The number of fused-ring (bicyclic) bond motifs is 2. The number of nitrogens with zero attached hydrogens (tertiary/aromatic N) is 1. The Labute approximate surface area is 161 Å². The molecule has 2 aromatic rings. The van der Waals surface area contributed by atoms with Gasteiger partial charge in [-0.15, -0.1) is 0 Å². The lowest BCUT2D eigenvalue weighted by Gasteiger charge is -2.41. The molecular formula is C23H28N2O2. The molecule has 2 N–H and O–H groups in total. The highest BCUT2D eigenvalue weighted by Gasteiger charge is 2.42. The zero-order valence-electron chi connectivity index (χ0n) is 15.8. The van der Waals surface area contributed by atoms with Gasteiger partial charge in [0.25, 0.3) is 0 Å². The number of hydrogen-bond acceptors (Lipinski definition) is 3. The molecule has 142 valence electrons. The number of carbonyl (C=O) groups excluding carboxylic acids is 1. The Balaban J connectivity index is 1.28. The van der Waals surface area contributed by atoms with Crippen LogP contribution in [-0.2, 0) is 28.0 Å². The standard InChI is InChI=1S/C23H28N2O2/c24-21(17-27-16-18-6-2-1-3-7-18)22(26)25-14-12-23(13-15-25)11-10-19-8-4-5-9-20(19)23/h1-9,21H,10-17,24H2/t21-/m1/s1. The Hall–Kier alpha value is -2.17. The molecule has 4 nitrogen and oxygen atoms in total. The molecule has 1 aliphatic heterocycles. The Morgan fingerprint density at radius 2 is 1.74 bits per heavy atom. The summed E-state index contributed by atoms with van der Waals surface area (Å²) in [5.74, 6) is 0.0178. The monoisotopic (exact) mass is 364 g/mol. The molecule has 2 aromatic carbocycles. The van der Waals surface area contributed by atoms with E-state index in [1.807, 2.05) is 35.2 Å². The van der Waals surface area contributed by atoms with Crippen molar-refractivity contribution < 1.29 is 9.53 Å². The molecule has 0 unspecified atom stereocenters. The summed E-state index contributed by atoms with van der Waals surface area (Å²) in [6, 6.07) is 18.2. The number of rotatable bonds is 5. The normalized spacial score (nSPS) is 19.1. The quantitative estimate of drug-likeness (QED) is 0.887. The summed E-state index contributed by atoms with van der Waals surface area (Å²) in [4.78, 5) is 14.6. The third-order valence-electron chi connectivity index (χ3n) is 6.22. The van der Waals surface area contributed by atoms with Crippen LogP contribution in [0.25, 0.3) is 0 Å². The maximum atomic E-state index is 12.7. The van der Waals surface area contributed by atoms with Gasteiger partial charge >= 0.3 is 0 Å². The van der Waals surface area contributed by atoms with Crippen LogP contribution in [0.5, 0.6) is 0 Å². The summed E-state index contributed by atoms with van der Waals surface area (Å²) in [5.41, 5.74) is 10.5. The van der Waals surface area contributed by atoms with Crippen molar-refractivity contribution in [2.24, 2.45) is 5.73 Å². The fourth-order valence-electron chi connectivity index (χ4n) is 4.62. The van der Waals surface area contributed by atoms with E-state index in [1.54, 1.807) is 0 Å². The summed E-state index contributed by atoms with van der Waals surface area (Å²) in [6.45, 7) is 2.33. The minimum absolute atomic E-state index is 0.0178. The van der Waals surface area contributed by atoms with Gasteiger partial charge in [0.2, 0.25) is 5.91 Å². The van der Waals surface area contributed by atoms with Crippen molar-refractivity contribution in [2.75, 3.05) is 19.7 Å². The fourth-order valence-corrected chi connectivity index (χ4v) is 4.62. The van der Waals surface area contributed by atoms with E-state index >= 15 is 0 Å². The predicted octanol–water partition coefficient (Wildman–Crippen LogP) is 3.04. The summed E-state index contributed by atoms with van der Waals surface area (Å²) in [7, 11) is 0. The lowest BCUT2D eigenvalue weighted by molar-refractivity contribution is -0.135. The van der Waals surface area contributed by atoms with Gasteiger partial charge in [0.15, 0.2) is 0 Å². The van der Waals surface area contributed by atoms with Crippen LogP contribution in [0.3, 0.4) is 0 Å². The molecule has 1 heterocycles. The smallest absolute Gasteiger partial charge is 0.241 e. The van der Waals surface area contributed by atoms with Crippen LogP contribution in [0, 0.1) is 0 Å². The van der Waals surface area contributed by atoms with Crippen LogP contribution in [0.2, 0.25) is 0 Å². The van der Waals surface area contributed by atoms with E-state index in [1.165, 1.54) is 17.5 Å². The van der Waals surface area contributed by atoms with E-state index < -0.39 is 6.04 Å². The average molecular weight is 364 g/mol. The second-order valence-corrected chi connectivity index (χ2v) is 7.87. The van der Waals surface area contributed by atoms with E-state index in [0.717, 1.165) is 37.9 Å². The molecule has 1 saturated heterocycles. The molecule has 1 aliphatic carbocycles. The first-order valence-electron chi connectivity index (χ1n) is 9.92. The number of aryl methyl sites for hydroxylation is 1. The topological polar surface area (TPSA) is 55.6 Å². The number of amides is 1. The molecule has 1 atom stereocenters. The van der Waals surface area contributed by atoms with Crippen LogP contribution in [0.1, 0.15) is 36.0 Å². The van der Waals surface area contributed by atoms with Gasteiger partial charge in [0.1, 0.15) is 6.04 Å². The maximum absolute atomic E-state index is 12.7. The zero-order chi connectivity index (χ0) is 18.7. The zero-order valence-corrected chi connectivity index (χ0v) is 15.8. The van der Waals surface area contributed by atoms with E-state index in [2.05, 4.69) is 24.3 Å². The number of ether oxygens (including phenoxy) is 1. The molecule has 1 amide bonds. The van der Waals surface area contributed by atoms with Gasteiger partial charge in [-0.1, -0.05) is 54.6 Å². The van der Waals surface area contributed by atoms with Crippen molar-refractivity contribution in [1.82, 2.24) is 4.90 Å². The van der Waals surface area contributed by atoms with Crippen LogP contribution < -0.4 is 5.73 Å². The second-order valence-electron chi connectivity index (χ2n) is 7.87. The number of hydrogen-bond donors (Lipinski definition) is 1. The van der Waals surface area contributed by atoms with Gasteiger partial charge in [0.05, 0.1) is 13.2 Å². The van der Waals surface area contributed by atoms with Crippen molar-refractivity contribution in [3.05, 3.63) is 71.3 Å². The van der Waals surface area contributed by atoms with E-state index in [9.17, 15) is 4.79 Å². The lowest BCUT2D eigenvalue weighted by Crippen LogP contribution is -2.51. The second kappa shape index (κ2) is 7.83. The highest BCUT2D eigenvalue weighted by molar-refractivity contribution is 5.82. The molecule has 27 heavy (non-hydrogen) atoms. The number of nitrogens with two attached hydrogens (primary N) is 1. The molecule has 1 spiro atoms. The Morgan fingerprint density at radius 3 is 2.52 bits per heavy atom. The number of likely N-dealkylation sites (tertiary alicyclic amines) is 1. The Kier molecular flexibility index (Phi) is 5.28. The molecule has 2 aliphatic rings. The first-order chi connectivity index (χ1) is 13.2. The first kappa shape index (κ1) is 18.2. The number of carbonyl (C=O) groups is 1. The molecule has 0 radical (unpaired) electrons. The van der Waals surface area contributed by atoms with Crippen molar-refractivity contribution >= 4 is 5.91 Å². The largest absolute Gasteiger partial charge is 0.375 e. The lowest BCUT2D eigenvalue weighted by atomic mass is 9.74. The third kappa shape index (κ3) is 3.78. The van der Waals surface area contributed by atoms with E-state index in [-0.39, 0.29) is 17.9 Å².